The van der Waals surface area contributed by atoms with Crippen molar-refractivity contribution in [1.82, 2.24) is 15.0 Å². The number of oxazole rings is 1. The lowest BCUT2D eigenvalue weighted by molar-refractivity contribution is 0.229. The zero-order valence-corrected chi connectivity index (χ0v) is 26.4. The first-order chi connectivity index (χ1) is 21.9. The van der Waals surface area contributed by atoms with E-state index in [0.717, 1.165) is 11.1 Å². The molecule has 234 valence electrons. The van der Waals surface area contributed by atoms with Crippen molar-refractivity contribution in [2.24, 2.45) is 0 Å². The molecule has 0 aliphatic carbocycles. The number of hydrogen-bond acceptors (Lipinski definition) is 11. The van der Waals surface area contributed by atoms with E-state index in [0.29, 0.717) is 51.9 Å². The highest BCUT2D eigenvalue weighted by Gasteiger charge is 2.20. The highest BCUT2D eigenvalue weighted by molar-refractivity contribution is 7.57. The van der Waals surface area contributed by atoms with Gasteiger partial charge in [0.25, 0.3) is 5.89 Å². The van der Waals surface area contributed by atoms with Gasteiger partial charge in [0.05, 0.1) is 32.2 Å². The van der Waals surface area contributed by atoms with Crippen LogP contribution in [0.1, 0.15) is 36.4 Å². The lowest BCUT2D eigenvalue weighted by atomic mass is 10.2. The minimum absolute atomic E-state index is 0.159. The molecule has 5 aromatic rings. The molecule has 0 aliphatic heterocycles. The monoisotopic (exact) mass is 631 g/mol. The lowest BCUT2D eigenvalue weighted by Crippen LogP contribution is -2.03. The summed E-state index contributed by atoms with van der Waals surface area (Å²) < 4.78 is 52.7. The molecule has 0 saturated carbocycles. The molecule has 0 bridgehead atoms. The predicted octanol–water partition coefficient (Wildman–Crippen LogP) is 8.10. The first-order valence-corrected chi connectivity index (χ1v) is 16.0. The van der Waals surface area contributed by atoms with E-state index >= 15 is 0 Å². The van der Waals surface area contributed by atoms with Crippen LogP contribution in [-0.4, -0.2) is 35.3 Å². The molecule has 0 radical (unpaired) electrons. The van der Waals surface area contributed by atoms with E-state index < -0.39 is 7.60 Å². The standard InChI is InChI=1S/C33H34N3O8P/c1-5-42-45(37,43-6-2)18-16-26-20-34-31(25-11-8-7-9-12-25)36-32(26)41-21-24-14-15-28(30(19-24)38-4)40-22-27-23(3)44-33(35-27)29-13-10-17-39-29/h7-20H,5-6,21-22H2,1-4H3/b18-16-. The quantitative estimate of drug-likeness (QED) is 0.104. The number of furan rings is 1. The van der Waals surface area contributed by atoms with Gasteiger partial charge in [-0.1, -0.05) is 36.4 Å². The topological polar surface area (TPSA) is 128 Å². The fraction of sp³-hybridized carbons (Fsp3) is 0.242. The predicted molar refractivity (Wildman–Crippen MR) is 168 cm³/mol. The summed E-state index contributed by atoms with van der Waals surface area (Å²) >= 11 is 0. The zero-order valence-electron chi connectivity index (χ0n) is 25.5. The van der Waals surface area contributed by atoms with Crippen LogP contribution in [0.3, 0.4) is 0 Å². The second-order valence-electron chi connectivity index (χ2n) is 9.57. The van der Waals surface area contributed by atoms with Crippen LogP contribution in [0.2, 0.25) is 0 Å². The number of aromatic nitrogens is 3. The smallest absolute Gasteiger partial charge is 0.354 e. The Morgan fingerprint density at radius 2 is 1.71 bits per heavy atom. The normalized spacial score (nSPS) is 11.6. The highest BCUT2D eigenvalue weighted by Crippen LogP contribution is 2.50. The molecule has 3 heterocycles. The summed E-state index contributed by atoms with van der Waals surface area (Å²) in [5.74, 6) is 4.80. The lowest BCUT2D eigenvalue weighted by Gasteiger charge is -2.14. The second kappa shape index (κ2) is 14.9. The van der Waals surface area contributed by atoms with E-state index in [1.54, 1.807) is 57.7 Å². The summed E-state index contributed by atoms with van der Waals surface area (Å²) in [5.41, 5.74) is 2.79. The summed E-state index contributed by atoms with van der Waals surface area (Å²) in [4.78, 5) is 13.7. The number of benzene rings is 2. The van der Waals surface area contributed by atoms with Crippen molar-refractivity contribution < 1.29 is 36.7 Å². The maximum Gasteiger partial charge on any atom is 0.354 e. The summed E-state index contributed by atoms with van der Waals surface area (Å²) in [6, 6.07) is 18.6. The molecule has 12 heteroatoms. The van der Waals surface area contributed by atoms with E-state index in [1.807, 2.05) is 49.4 Å². The SMILES string of the molecule is CCOP(=O)(/C=C\c1cnc(-c2ccccc2)nc1OCc1ccc(OCc2nc(-c3ccco3)oc2C)c(OC)c1)OCC. The summed E-state index contributed by atoms with van der Waals surface area (Å²) in [6.07, 6.45) is 4.77. The Kier molecular flexibility index (Phi) is 10.5. The maximum atomic E-state index is 13.0. The summed E-state index contributed by atoms with van der Waals surface area (Å²) in [6.45, 7) is 6.14. The van der Waals surface area contributed by atoms with Gasteiger partial charge in [-0.05, 0) is 56.7 Å². The van der Waals surface area contributed by atoms with E-state index in [4.69, 9.17) is 32.1 Å². The van der Waals surface area contributed by atoms with Crippen LogP contribution in [0.25, 0.3) is 29.1 Å². The van der Waals surface area contributed by atoms with Gasteiger partial charge in [0.2, 0.25) is 5.88 Å². The largest absolute Gasteiger partial charge is 0.493 e. The third-order valence-corrected chi connectivity index (χ3v) is 8.21. The van der Waals surface area contributed by atoms with Crippen molar-refractivity contribution in [3.63, 3.8) is 0 Å². The Morgan fingerprint density at radius 3 is 2.42 bits per heavy atom. The van der Waals surface area contributed by atoms with Gasteiger partial charge in [-0.15, -0.1) is 0 Å². The van der Waals surface area contributed by atoms with Gasteiger partial charge in [-0.3, -0.25) is 4.57 Å². The van der Waals surface area contributed by atoms with Gasteiger partial charge in [0, 0.05) is 17.6 Å². The molecule has 0 aliphatic rings. The van der Waals surface area contributed by atoms with Gasteiger partial charge in [0.15, 0.2) is 23.1 Å². The molecule has 0 unspecified atom stereocenters. The molecular formula is C33H34N3O8P. The van der Waals surface area contributed by atoms with Crippen LogP contribution in [0, 0.1) is 6.92 Å². The van der Waals surface area contributed by atoms with Crippen LogP contribution in [0.4, 0.5) is 0 Å². The molecule has 0 fully saturated rings. The van der Waals surface area contributed by atoms with Crippen LogP contribution in [0.15, 0.2) is 87.8 Å². The van der Waals surface area contributed by atoms with Crippen molar-refractivity contribution in [3.05, 3.63) is 102 Å². The van der Waals surface area contributed by atoms with E-state index in [2.05, 4.69) is 15.0 Å². The van der Waals surface area contributed by atoms with Gasteiger partial charge in [0.1, 0.15) is 24.7 Å². The van der Waals surface area contributed by atoms with Crippen LogP contribution >= 0.6 is 7.60 Å². The van der Waals surface area contributed by atoms with Gasteiger partial charge >= 0.3 is 7.60 Å². The number of aryl methyl sites for hydroxylation is 1. The molecule has 5 rings (SSSR count). The van der Waals surface area contributed by atoms with E-state index in [9.17, 15) is 4.57 Å². The fourth-order valence-corrected chi connectivity index (χ4v) is 5.58. The number of ether oxygens (including phenoxy) is 3. The Labute approximate surface area is 261 Å². The van der Waals surface area contributed by atoms with Gasteiger partial charge in [-0.2, -0.15) is 4.98 Å². The number of nitrogens with zero attached hydrogens (tertiary/aromatic N) is 3. The van der Waals surface area contributed by atoms with Crippen molar-refractivity contribution in [3.8, 4) is 40.4 Å². The Bertz CT molecular complexity index is 1760. The van der Waals surface area contributed by atoms with Crippen molar-refractivity contribution in [2.45, 2.75) is 34.0 Å². The molecule has 0 N–H and O–H groups in total. The molecule has 11 nitrogen and oxygen atoms in total. The molecular weight excluding hydrogens is 597 g/mol. The second-order valence-corrected chi connectivity index (χ2v) is 11.5. The first kappa shape index (κ1) is 31.7. The number of hydrogen-bond donors (Lipinski definition) is 0. The van der Waals surface area contributed by atoms with E-state index in [-0.39, 0.29) is 26.4 Å². The average molecular weight is 632 g/mol. The number of methoxy groups -OCH3 is 1. The molecule has 0 spiro atoms. The fourth-order valence-electron chi connectivity index (χ4n) is 4.27. The van der Waals surface area contributed by atoms with Crippen LogP contribution < -0.4 is 14.2 Å². The minimum Gasteiger partial charge on any atom is -0.493 e. The van der Waals surface area contributed by atoms with Crippen molar-refractivity contribution in [2.75, 3.05) is 20.3 Å². The van der Waals surface area contributed by atoms with Crippen molar-refractivity contribution in [1.29, 1.82) is 0 Å². The molecule has 45 heavy (non-hydrogen) atoms. The summed E-state index contributed by atoms with van der Waals surface area (Å²) in [7, 11) is -1.88. The van der Waals surface area contributed by atoms with Crippen LogP contribution in [0.5, 0.6) is 17.4 Å². The zero-order chi connectivity index (χ0) is 31.6. The maximum absolute atomic E-state index is 13.0. The van der Waals surface area contributed by atoms with Crippen molar-refractivity contribution >= 4 is 13.7 Å². The first-order valence-electron chi connectivity index (χ1n) is 14.3. The third-order valence-electron chi connectivity index (χ3n) is 6.46. The Hall–Kier alpha value is -4.70. The van der Waals surface area contributed by atoms with E-state index in [1.165, 1.54) is 5.82 Å². The van der Waals surface area contributed by atoms with Crippen LogP contribution in [-0.2, 0) is 26.8 Å². The molecule has 0 amide bonds. The molecule has 2 aromatic carbocycles. The van der Waals surface area contributed by atoms with Gasteiger partial charge in [-0.25, -0.2) is 9.97 Å². The average Bonchev–Trinajstić information content (AvgIpc) is 3.73. The summed E-state index contributed by atoms with van der Waals surface area (Å²) in [5, 5.41) is 0. The van der Waals surface area contributed by atoms with Gasteiger partial charge < -0.3 is 32.1 Å². The molecule has 0 atom stereocenters. The third kappa shape index (κ3) is 8.07. The molecule has 3 aromatic heterocycles. The highest BCUT2D eigenvalue weighted by atomic mass is 31.2. The molecule has 0 saturated heterocycles. The minimum atomic E-state index is -3.45. The number of rotatable bonds is 15. The Morgan fingerprint density at radius 1 is 0.911 bits per heavy atom. The Balaban J connectivity index is 1.34.